The second kappa shape index (κ2) is 7.32. The van der Waals surface area contributed by atoms with E-state index in [2.05, 4.69) is 12.2 Å². The van der Waals surface area contributed by atoms with Crippen molar-refractivity contribution in [1.29, 1.82) is 0 Å². The smallest absolute Gasteiger partial charge is 0.376 e. The van der Waals surface area contributed by atoms with Gasteiger partial charge in [0.15, 0.2) is 0 Å². The van der Waals surface area contributed by atoms with E-state index in [0.717, 1.165) is 6.42 Å². The van der Waals surface area contributed by atoms with Crippen LogP contribution in [-0.2, 0) is 13.3 Å². The van der Waals surface area contributed by atoms with Crippen molar-refractivity contribution in [3.05, 3.63) is 0 Å². The van der Waals surface area contributed by atoms with Gasteiger partial charge in [-0.15, -0.1) is 0 Å². The molecule has 0 aliphatic heterocycles. The van der Waals surface area contributed by atoms with Crippen molar-refractivity contribution in [1.82, 2.24) is 5.32 Å². The lowest BCUT2D eigenvalue weighted by molar-refractivity contribution is 0.104. The van der Waals surface area contributed by atoms with Crippen LogP contribution in [0.3, 0.4) is 0 Å². The van der Waals surface area contributed by atoms with E-state index >= 15 is 0 Å². The van der Waals surface area contributed by atoms with Gasteiger partial charge in [-0.1, -0.05) is 6.92 Å². The van der Waals surface area contributed by atoms with Crippen molar-refractivity contribution >= 4 is 8.80 Å². The van der Waals surface area contributed by atoms with Crippen molar-refractivity contribution < 1.29 is 13.3 Å². The molecule has 0 radical (unpaired) electrons. The van der Waals surface area contributed by atoms with Crippen LogP contribution in [0.4, 0.5) is 0 Å². The first-order chi connectivity index (χ1) is 7.10. The molecule has 2 unspecified atom stereocenters. The Morgan fingerprint density at radius 2 is 1.67 bits per heavy atom. The molecule has 0 aliphatic rings. The molecule has 92 valence electrons. The fourth-order valence-electron chi connectivity index (χ4n) is 1.56. The Balaban J connectivity index is 4.58. The highest BCUT2D eigenvalue weighted by Crippen LogP contribution is 2.15. The van der Waals surface area contributed by atoms with E-state index in [1.165, 1.54) is 0 Å². The molecule has 0 heterocycles. The zero-order chi connectivity index (χ0) is 11.9. The third-order valence-electron chi connectivity index (χ3n) is 2.53. The topological polar surface area (TPSA) is 65.7 Å². The van der Waals surface area contributed by atoms with Gasteiger partial charge in [-0.05, 0) is 13.3 Å². The minimum absolute atomic E-state index is 0.0797. The van der Waals surface area contributed by atoms with E-state index < -0.39 is 8.80 Å². The van der Waals surface area contributed by atoms with E-state index in [0.29, 0.717) is 6.54 Å². The predicted molar refractivity (Wildman–Crippen MR) is 62.5 cm³/mol. The van der Waals surface area contributed by atoms with Crippen LogP contribution in [0.25, 0.3) is 0 Å². The quantitative estimate of drug-likeness (QED) is 0.586. The molecule has 2 atom stereocenters. The molecule has 15 heavy (non-hydrogen) atoms. The minimum Gasteiger partial charge on any atom is -0.376 e. The van der Waals surface area contributed by atoms with Crippen molar-refractivity contribution in [2.75, 3.05) is 27.9 Å². The molecule has 0 aromatic heterocycles. The average Bonchev–Trinajstić information content (AvgIpc) is 2.29. The fourth-order valence-corrected chi connectivity index (χ4v) is 3.90. The molecule has 0 amide bonds. The summed E-state index contributed by atoms with van der Waals surface area (Å²) >= 11 is 0. The molecule has 5 nitrogen and oxygen atoms in total. The number of rotatable bonds is 8. The van der Waals surface area contributed by atoms with Gasteiger partial charge in [0.2, 0.25) is 0 Å². The largest absolute Gasteiger partial charge is 0.518 e. The predicted octanol–water partition coefficient (Wildman–Crippen LogP) is 0.119. The summed E-state index contributed by atoms with van der Waals surface area (Å²) in [5.74, 6) is 0. The summed E-state index contributed by atoms with van der Waals surface area (Å²) in [6.07, 6.45) is 0.881. The lowest BCUT2D eigenvalue weighted by atomic mass is 10.3. The van der Waals surface area contributed by atoms with Crippen LogP contribution < -0.4 is 11.1 Å². The molecule has 0 aliphatic carbocycles. The van der Waals surface area contributed by atoms with E-state index in [9.17, 15) is 0 Å². The van der Waals surface area contributed by atoms with Crippen LogP contribution in [0.5, 0.6) is 0 Å². The van der Waals surface area contributed by atoms with Gasteiger partial charge in [0.05, 0.1) is 5.67 Å². The Morgan fingerprint density at radius 1 is 1.20 bits per heavy atom. The second-order valence-electron chi connectivity index (χ2n) is 3.48. The van der Waals surface area contributed by atoms with Crippen LogP contribution in [0.2, 0.25) is 0 Å². The van der Waals surface area contributed by atoms with E-state index in [4.69, 9.17) is 19.0 Å². The zero-order valence-corrected chi connectivity index (χ0v) is 11.4. The first-order valence-corrected chi connectivity index (χ1v) is 7.01. The molecule has 0 spiro atoms. The Kier molecular flexibility index (Phi) is 7.32. The Hall–Kier alpha value is 0.0169. The normalized spacial score (nSPS) is 16.4. The molecule has 0 fully saturated rings. The summed E-state index contributed by atoms with van der Waals surface area (Å²) in [5, 5.41) is 3.37. The van der Waals surface area contributed by atoms with Gasteiger partial charge in [-0.2, -0.15) is 0 Å². The third kappa shape index (κ3) is 3.82. The number of nitrogens with two attached hydrogens (primary N) is 1. The van der Waals surface area contributed by atoms with E-state index in [1.54, 1.807) is 21.3 Å². The molecular weight excluding hydrogens is 212 g/mol. The van der Waals surface area contributed by atoms with Crippen molar-refractivity contribution in [2.24, 2.45) is 5.73 Å². The maximum absolute atomic E-state index is 5.57. The molecule has 0 saturated heterocycles. The maximum Gasteiger partial charge on any atom is 0.518 e. The Morgan fingerprint density at radius 3 is 1.93 bits per heavy atom. The summed E-state index contributed by atoms with van der Waals surface area (Å²) < 4.78 is 16.3. The van der Waals surface area contributed by atoms with Gasteiger partial charge in [0.25, 0.3) is 0 Å². The summed E-state index contributed by atoms with van der Waals surface area (Å²) in [7, 11) is 2.27. The van der Waals surface area contributed by atoms with Crippen molar-refractivity contribution in [3.63, 3.8) is 0 Å². The molecule has 0 saturated carbocycles. The van der Waals surface area contributed by atoms with E-state index in [-0.39, 0.29) is 11.7 Å². The molecule has 0 bridgehead atoms. The highest BCUT2D eigenvalue weighted by atomic mass is 28.4. The monoisotopic (exact) mass is 236 g/mol. The second-order valence-corrected chi connectivity index (χ2v) is 6.61. The van der Waals surface area contributed by atoms with Crippen LogP contribution >= 0.6 is 0 Å². The average molecular weight is 236 g/mol. The molecule has 0 rings (SSSR count). The SMILES string of the molecule is CCC(NC(C)CN)[Si](OC)(OC)OC. The first kappa shape index (κ1) is 15.0. The highest BCUT2D eigenvalue weighted by Gasteiger charge is 2.46. The van der Waals surface area contributed by atoms with Gasteiger partial charge >= 0.3 is 8.80 Å². The summed E-state index contributed by atoms with van der Waals surface area (Å²) in [6.45, 7) is 4.68. The minimum atomic E-state index is -2.59. The lowest BCUT2D eigenvalue weighted by Gasteiger charge is -2.33. The number of nitrogens with one attached hydrogen (secondary N) is 1. The van der Waals surface area contributed by atoms with Gasteiger partial charge in [0.1, 0.15) is 0 Å². The molecule has 0 aromatic carbocycles. The van der Waals surface area contributed by atoms with Crippen molar-refractivity contribution in [3.8, 4) is 0 Å². The molecular formula is C9H24N2O3Si. The van der Waals surface area contributed by atoms with Crippen LogP contribution in [0.1, 0.15) is 20.3 Å². The zero-order valence-electron chi connectivity index (χ0n) is 10.4. The van der Waals surface area contributed by atoms with Crippen molar-refractivity contribution in [2.45, 2.75) is 32.0 Å². The van der Waals surface area contributed by atoms with Gasteiger partial charge in [0, 0.05) is 33.9 Å². The van der Waals surface area contributed by atoms with Gasteiger partial charge < -0.3 is 24.3 Å². The van der Waals surface area contributed by atoms with Crippen LogP contribution in [0.15, 0.2) is 0 Å². The van der Waals surface area contributed by atoms with Gasteiger partial charge in [-0.25, -0.2) is 0 Å². The van der Waals surface area contributed by atoms with E-state index in [1.807, 2.05) is 6.92 Å². The summed E-state index contributed by atoms with van der Waals surface area (Å²) in [4.78, 5) is 0. The molecule has 3 N–H and O–H groups in total. The first-order valence-electron chi connectivity index (χ1n) is 5.21. The van der Waals surface area contributed by atoms with Crippen LogP contribution in [-0.4, -0.2) is 48.4 Å². The molecule has 6 heteroatoms. The molecule has 0 aromatic rings. The third-order valence-corrected chi connectivity index (χ3v) is 5.66. The standard InChI is InChI=1S/C9H24N2O3Si/c1-6-9(11-8(2)7-10)15(12-3,13-4)14-5/h8-9,11H,6-7,10H2,1-5H3. The summed E-state index contributed by atoms with van der Waals surface area (Å²) in [5.41, 5.74) is 5.65. The lowest BCUT2D eigenvalue weighted by Crippen LogP contribution is -2.62. The highest BCUT2D eigenvalue weighted by molar-refractivity contribution is 6.62. The number of hydrogen-bond donors (Lipinski definition) is 2. The Labute approximate surface area is 93.6 Å². The Bertz CT molecular complexity index is 159. The maximum atomic E-state index is 5.57. The van der Waals surface area contributed by atoms with Crippen LogP contribution in [0, 0.1) is 0 Å². The summed E-state index contributed by atoms with van der Waals surface area (Å²) in [6, 6.07) is 0.224. The fraction of sp³-hybridized carbons (Fsp3) is 1.00. The number of hydrogen-bond acceptors (Lipinski definition) is 5. The van der Waals surface area contributed by atoms with Gasteiger partial charge in [-0.3, -0.25) is 0 Å².